The Balaban J connectivity index is 2.07. The van der Waals surface area contributed by atoms with Crippen molar-refractivity contribution in [3.63, 3.8) is 0 Å². The lowest BCUT2D eigenvalue weighted by Gasteiger charge is -2.24. The first-order valence-corrected chi connectivity index (χ1v) is 8.68. The highest BCUT2D eigenvalue weighted by Crippen LogP contribution is 2.13. The van der Waals surface area contributed by atoms with E-state index in [1.54, 1.807) is 0 Å². The molecule has 1 aliphatic heterocycles. The molecule has 0 radical (unpaired) electrons. The third-order valence-corrected chi connectivity index (χ3v) is 4.75. The van der Waals surface area contributed by atoms with Crippen molar-refractivity contribution in [3.05, 3.63) is 0 Å². The van der Waals surface area contributed by atoms with E-state index in [0.29, 0.717) is 12.1 Å². The van der Waals surface area contributed by atoms with Crippen LogP contribution in [0.3, 0.4) is 0 Å². The first-order chi connectivity index (χ1) is 9.50. The van der Waals surface area contributed by atoms with Gasteiger partial charge in [0.2, 0.25) is 0 Å². The fourth-order valence-electron chi connectivity index (χ4n) is 2.89. The number of hydrogen-bond donors (Lipinski definition) is 1. The van der Waals surface area contributed by atoms with Crippen molar-refractivity contribution < 1.29 is 0 Å². The summed E-state index contributed by atoms with van der Waals surface area (Å²) in [5.41, 5.74) is 0. The number of likely N-dealkylation sites (tertiary alicyclic amines) is 1. The van der Waals surface area contributed by atoms with E-state index in [-0.39, 0.29) is 0 Å². The number of hydrogen-bond acceptors (Lipinski definition) is 3. The van der Waals surface area contributed by atoms with Crippen molar-refractivity contribution in [2.24, 2.45) is 0 Å². The van der Waals surface area contributed by atoms with Gasteiger partial charge in [0.05, 0.1) is 0 Å². The van der Waals surface area contributed by atoms with Crippen molar-refractivity contribution in [2.75, 3.05) is 33.2 Å². The average molecular weight is 284 g/mol. The number of nitrogens with zero attached hydrogens (tertiary/aromatic N) is 2. The van der Waals surface area contributed by atoms with Crippen LogP contribution >= 0.6 is 0 Å². The molecule has 3 heteroatoms. The van der Waals surface area contributed by atoms with Gasteiger partial charge in [0, 0.05) is 18.1 Å². The second kappa shape index (κ2) is 9.75. The second-order valence-corrected chi connectivity index (χ2v) is 6.99. The number of nitrogens with one attached hydrogen (secondary N) is 1. The molecule has 1 heterocycles. The average Bonchev–Trinajstić information content (AvgIpc) is 2.63. The lowest BCUT2D eigenvalue weighted by molar-refractivity contribution is 0.229. The normalized spacial score (nSPS) is 21.9. The molecule has 1 unspecified atom stereocenters. The van der Waals surface area contributed by atoms with Crippen molar-refractivity contribution in [3.8, 4) is 0 Å². The van der Waals surface area contributed by atoms with Gasteiger partial charge in [0.15, 0.2) is 0 Å². The fourth-order valence-corrected chi connectivity index (χ4v) is 2.89. The Hall–Kier alpha value is -0.120. The van der Waals surface area contributed by atoms with Gasteiger partial charge in [0.25, 0.3) is 0 Å². The SMILES string of the molecule is CC(C)N(C)CCCCNC1CCCN(C(C)C)CC1. The van der Waals surface area contributed by atoms with E-state index >= 15 is 0 Å². The zero-order valence-corrected chi connectivity index (χ0v) is 14.5. The van der Waals surface area contributed by atoms with E-state index in [2.05, 4.69) is 49.9 Å². The minimum atomic E-state index is 0.673. The Morgan fingerprint density at radius 2 is 1.85 bits per heavy atom. The molecule has 1 atom stereocenters. The lowest BCUT2D eigenvalue weighted by atomic mass is 10.1. The van der Waals surface area contributed by atoms with Crippen LogP contribution in [0.1, 0.15) is 59.8 Å². The third kappa shape index (κ3) is 7.05. The Morgan fingerprint density at radius 3 is 2.50 bits per heavy atom. The molecule has 0 aromatic carbocycles. The maximum Gasteiger partial charge on any atom is 0.00797 e. The summed E-state index contributed by atoms with van der Waals surface area (Å²) in [6.07, 6.45) is 6.65. The summed E-state index contributed by atoms with van der Waals surface area (Å²) < 4.78 is 0. The smallest absolute Gasteiger partial charge is 0.00797 e. The number of rotatable bonds is 8. The van der Waals surface area contributed by atoms with Crippen molar-refractivity contribution in [1.29, 1.82) is 0 Å². The highest BCUT2D eigenvalue weighted by molar-refractivity contribution is 4.76. The van der Waals surface area contributed by atoms with Crippen LogP contribution in [0.4, 0.5) is 0 Å². The van der Waals surface area contributed by atoms with Crippen molar-refractivity contribution in [2.45, 2.75) is 77.9 Å². The zero-order valence-electron chi connectivity index (χ0n) is 14.5. The molecule has 0 saturated carbocycles. The summed E-state index contributed by atoms with van der Waals surface area (Å²) in [6, 6.07) is 2.13. The fraction of sp³-hybridized carbons (Fsp3) is 1.00. The predicted octanol–water partition coefficient (Wildman–Crippen LogP) is 2.96. The van der Waals surface area contributed by atoms with Gasteiger partial charge in [-0.1, -0.05) is 0 Å². The molecule has 120 valence electrons. The Labute approximate surface area is 127 Å². The maximum atomic E-state index is 3.78. The molecule has 1 fully saturated rings. The molecule has 0 aromatic heterocycles. The molecule has 0 amide bonds. The van der Waals surface area contributed by atoms with Gasteiger partial charge >= 0.3 is 0 Å². The van der Waals surface area contributed by atoms with E-state index < -0.39 is 0 Å². The van der Waals surface area contributed by atoms with Crippen molar-refractivity contribution in [1.82, 2.24) is 15.1 Å². The van der Waals surface area contributed by atoms with E-state index in [1.165, 1.54) is 58.3 Å². The van der Waals surface area contributed by atoms with Gasteiger partial charge in [-0.25, -0.2) is 0 Å². The van der Waals surface area contributed by atoms with Gasteiger partial charge < -0.3 is 15.1 Å². The Bertz CT molecular complexity index is 240. The molecular weight excluding hydrogens is 246 g/mol. The van der Waals surface area contributed by atoms with Crippen LogP contribution in [0.2, 0.25) is 0 Å². The number of unbranched alkanes of at least 4 members (excludes halogenated alkanes) is 1. The molecular formula is C17H37N3. The van der Waals surface area contributed by atoms with E-state index in [0.717, 1.165) is 6.04 Å². The third-order valence-electron chi connectivity index (χ3n) is 4.75. The summed E-state index contributed by atoms with van der Waals surface area (Å²) in [5.74, 6) is 0. The van der Waals surface area contributed by atoms with Crippen LogP contribution in [-0.4, -0.2) is 61.2 Å². The quantitative estimate of drug-likeness (QED) is 0.691. The van der Waals surface area contributed by atoms with Gasteiger partial charge in [-0.05, 0) is 93.0 Å². The molecule has 3 nitrogen and oxygen atoms in total. The molecule has 1 aliphatic rings. The Kier molecular flexibility index (Phi) is 8.74. The van der Waals surface area contributed by atoms with E-state index in [4.69, 9.17) is 0 Å². The topological polar surface area (TPSA) is 18.5 Å². The summed E-state index contributed by atoms with van der Waals surface area (Å²) >= 11 is 0. The predicted molar refractivity (Wildman–Crippen MR) is 89.4 cm³/mol. The highest BCUT2D eigenvalue weighted by Gasteiger charge is 2.17. The molecule has 1 saturated heterocycles. The molecule has 0 spiro atoms. The lowest BCUT2D eigenvalue weighted by Crippen LogP contribution is -2.34. The minimum Gasteiger partial charge on any atom is -0.314 e. The van der Waals surface area contributed by atoms with E-state index in [9.17, 15) is 0 Å². The standard InChI is InChI=1S/C17H37N3/c1-15(2)19(5)12-7-6-11-18-17-9-8-13-20(14-10-17)16(3)4/h15-18H,6-14H2,1-5H3. The minimum absolute atomic E-state index is 0.673. The van der Waals surface area contributed by atoms with Gasteiger partial charge in [-0.2, -0.15) is 0 Å². The first-order valence-electron chi connectivity index (χ1n) is 8.68. The zero-order chi connectivity index (χ0) is 15.0. The molecule has 0 bridgehead atoms. The van der Waals surface area contributed by atoms with Gasteiger partial charge in [0.1, 0.15) is 0 Å². The molecule has 1 N–H and O–H groups in total. The summed E-state index contributed by atoms with van der Waals surface area (Å²) in [5, 5.41) is 3.78. The van der Waals surface area contributed by atoms with Crippen LogP contribution < -0.4 is 5.32 Å². The maximum absolute atomic E-state index is 3.78. The molecule has 1 rings (SSSR count). The van der Waals surface area contributed by atoms with E-state index in [1.807, 2.05) is 0 Å². The highest BCUT2D eigenvalue weighted by atomic mass is 15.1. The van der Waals surface area contributed by atoms with Gasteiger partial charge in [-0.3, -0.25) is 0 Å². The van der Waals surface area contributed by atoms with Crippen LogP contribution in [-0.2, 0) is 0 Å². The van der Waals surface area contributed by atoms with Crippen LogP contribution in [0.25, 0.3) is 0 Å². The largest absolute Gasteiger partial charge is 0.314 e. The molecule has 20 heavy (non-hydrogen) atoms. The first kappa shape index (κ1) is 17.9. The summed E-state index contributed by atoms with van der Waals surface area (Å²) in [6.45, 7) is 14.1. The second-order valence-electron chi connectivity index (χ2n) is 6.99. The summed E-state index contributed by atoms with van der Waals surface area (Å²) in [4.78, 5) is 5.06. The molecule has 0 aromatic rings. The van der Waals surface area contributed by atoms with Crippen molar-refractivity contribution >= 4 is 0 Å². The molecule has 0 aliphatic carbocycles. The van der Waals surface area contributed by atoms with Gasteiger partial charge in [-0.15, -0.1) is 0 Å². The van der Waals surface area contributed by atoms with Crippen LogP contribution in [0.15, 0.2) is 0 Å². The van der Waals surface area contributed by atoms with Crippen LogP contribution in [0, 0.1) is 0 Å². The monoisotopic (exact) mass is 283 g/mol. The Morgan fingerprint density at radius 1 is 1.10 bits per heavy atom. The van der Waals surface area contributed by atoms with Crippen LogP contribution in [0.5, 0.6) is 0 Å². The summed E-state index contributed by atoms with van der Waals surface area (Å²) in [7, 11) is 2.23.